The van der Waals surface area contributed by atoms with Gasteiger partial charge in [-0.25, -0.2) is 0 Å². The summed E-state index contributed by atoms with van der Waals surface area (Å²) >= 11 is 8.88. The van der Waals surface area contributed by atoms with Crippen molar-refractivity contribution in [1.82, 2.24) is 0 Å². The van der Waals surface area contributed by atoms with Crippen LogP contribution < -0.4 is 0 Å². The van der Waals surface area contributed by atoms with E-state index in [9.17, 15) is 0 Å². The predicted octanol–water partition coefficient (Wildman–Crippen LogP) is 4.87. The van der Waals surface area contributed by atoms with Crippen molar-refractivity contribution in [3.63, 3.8) is 0 Å². The van der Waals surface area contributed by atoms with Crippen LogP contribution in [0.25, 0.3) is 10.1 Å². The standard InChI is InChI=1S/C10H8Br2S/c1-6-2-3-8(12)10-9(6)7(4-11)5-13-10/h2-3,5H,4H2,1H3. The van der Waals surface area contributed by atoms with Gasteiger partial charge in [0.25, 0.3) is 0 Å². The normalized spacial score (nSPS) is 11.0. The first-order valence-corrected chi connectivity index (χ1v) is 6.74. The summed E-state index contributed by atoms with van der Waals surface area (Å²) in [6.45, 7) is 2.16. The number of thiophene rings is 1. The summed E-state index contributed by atoms with van der Waals surface area (Å²) in [6, 6.07) is 4.28. The zero-order chi connectivity index (χ0) is 9.42. The molecule has 0 saturated heterocycles. The third kappa shape index (κ3) is 1.58. The number of fused-ring (bicyclic) bond motifs is 1. The van der Waals surface area contributed by atoms with Crippen LogP contribution in [0.3, 0.4) is 0 Å². The summed E-state index contributed by atoms with van der Waals surface area (Å²) in [4.78, 5) is 0. The van der Waals surface area contributed by atoms with E-state index >= 15 is 0 Å². The molecule has 2 aromatic rings. The zero-order valence-electron chi connectivity index (χ0n) is 7.10. The van der Waals surface area contributed by atoms with Crippen LogP contribution in [0.2, 0.25) is 0 Å². The average molecular weight is 320 g/mol. The maximum absolute atomic E-state index is 3.57. The number of rotatable bonds is 1. The molecule has 0 aliphatic heterocycles. The molecular formula is C10H8Br2S. The van der Waals surface area contributed by atoms with Crippen molar-refractivity contribution >= 4 is 53.3 Å². The van der Waals surface area contributed by atoms with E-state index in [0.29, 0.717) is 0 Å². The largest absolute Gasteiger partial charge is 0.142 e. The quantitative estimate of drug-likeness (QED) is 0.658. The molecule has 0 atom stereocenters. The predicted molar refractivity (Wildman–Crippen MR) is 66.9 cm³/mol. The van der Waals surface area contributed by atoms with Crippen molar-refractivity contribution in [3.05, 3.63) is 33.1 Å². The molecule has 1 aromatic carbocycles. The van der Waals surface area contributed by atoms with Gasteiger partial charge in [0, 0.05) is 19.9 Å². The molecule has 0 saturated carbocycles. The Balaban J connectivity index is 2.87. The minimum atomic E-state index is 0.935. The van der Waals surface area contributed by atoms with Crippen molar-refractivity contribution in [2.75, 3.05) is 0 Å². The van der Waals surface area contributed by atoms with Crippen molar-refractivity contribution < 1.29 is 0 Å². The van der Waals surface area contributed by atoms with E-state index in [1.165, 1.54) is 25.7 Å². The molecule has 0 unspecified atom stereocenters. The Morgan fingerprint density at radius 2 is 2.15 bits per heavy atom. The molecule has 0 fully saturated rings. The number of aryl methyl sites for hydroxylation is 1. The molecule has 3 heteroatoms. The Morgan fingerprint density at radius 1 is 1.38 bits per heavy atom. The Hall–Kier alpha value is 0.140. The van der Waals surface area contributed by atoms with Gasteiger partial charge in [0.15, 0.2) is 0 Å². The van der Waals surface area contributed by atoms with Crippen LogP contribution in [-0.4, -0.2) is 0 Å². The smallest absolute Gasteiger partial charge is 0.0490 e. The second-order valence-corrected chi connectivity index (χ2v) is 5.26. The topological polar surface area (TPSA) is 0 Å². The fourth-order valence-corrected chi connectivity index (χ4v) is 3.78. The molecule has 0 amide bonds. The highest BCUT2D eigenvalue weighted by Crippen LogP contribution is 2.35. The van der Waals surface area contributed by atoms with E-state index in [2.05, 4.69) is 56.3 Å². The van der Waals surface area contributed by atoms with Crippen molar-refractivity contribution in [2.45, 2.75) is 12.3 Å². The second kappa shape index (κ2) is 3.71. The number of benzene rings is 1. The Labute approximate surface area is 98.2 Å². The van der Waals surface area contributed by atoms with Crippen molar-refractivity contribution in [2.24, 2.45) is 0 Å². The Morgan fingerprint density at radius 3 is 2.85 bits per heavy atom. The van der Waals surface area contributed by atoms with Gasteiger partial charge in [-0.3, -0.25) is 0 Å². The number of alkyl halides is 1. The van der Waals surface area contributed by atoms with Crippen molar-refractivity contribution in [3.8, 4) is 0 Å². The van der Waals surface area contributed by atoms with Crippen LogP contribution in [0.4, 0.5) is 0 Å². The molecule has 68 valence electrons. The molecule has 1 aromatic heterocycles. The highest BCUT2D eigenvalue weighted by molar-refractivity contribution is 9.10. The van der Waals surface area contributed by atoms with Gasteiger partial charge in [0.05, 0.1) is 0 Å². The summed E-state index contributed by atoms with van der Waals surface area (Å²) in [5.74, 6) is 0. The lowest BCUT2D eigenvalue weighted by molar-refractivity contribution is 1.47. The molecule has 0 N–H and O–H groups in total. The van der Waals surface area contributed by atoms with Gasteiger partial charge in [-0.2, -0.15) is 0 Å². The molecule has 0 spiro atoms. The number of hydrogen-bond acceptors (Lipinski definition) is 1. The molecule has 0 bridgehead atoms. The summed E-state index contributed by atoms with van der Waals surface area (Å²) in [5.41, 5.74) is 2.74. The maximum atomic E-state index is 3.57. The van der Waals surface area contributed by atoms with Gasteiger partial charge in [-0.15, -0.1) is 11.3 Å². The number of hydrogen-bond donors (Lipinski definition) is 0. The van der Waals surface area contributed by atoms with Crippen LogP contribution in [0, 0.1) is 6.92 Å². The molecule has 0 radical (unpaired) electrons. The molecule has 13 heavy (non-hydrogen) atoms. The second-order valence-electron chi connectivity index (χ2n) is 2.96. The molecule has 0 nitrogen and oxygen atoms in total. The maximum Gasteiger partial charge on any atom is 0.0490 e. The van der Waals surface area contributed by atoms with E-state index < -0.39 is 0 Å². The minimum absolute atomic E-state index is 0.935. The lowest BCUT2D eigenvalue weighted by Crippen LogP contribution is -1.78. The van der Waals surface area contributed by atoms with Crippen molar-refractivity contribution in [1.29, 1.82) is 0 Å². The Kier molecular flexibility index (Phi) is 2.77. The average Bonchev–Trinajstić information content (AvgIpc) is 2.56. The van der Waals surface area contributed by atoms with Gasteiger partial charge in [-0.05, 0) is 45.4 Å². The summed E-state index contributed by atoms with van der Waals surface area (Å²) < 4.78 is 2.56. The van der Waals surface area contributed by atoms with Gasteiger partial charge < -0.3 is 0 Å². The lowest BCUT2D eigenvalue weighted by Gasteiger charge is -2.00. The van der Waals surface area contributed by atoms with E-state index in [0.717, 1.165) is 5.33 Å². The van der Waals surface area contributed by atoms with E-state index in [4.69, 9.17) is 0 Å². The van der Waals surface area contributed by atoms with Gasteiger partial charge in [-0.1, -0.05) is 22.0 Å². The third-order valence-electron chi connectivity index (χ3n) is 2.10. The minimum Gasteiger partial charge on any atom is -0.142 e. The fourth-order valence-electron chi connectivity index (χ4n) is 1.46. The van der Waals surface area contributed by atoms with Crippen LogP contribution in [0.15, 0.2) is 22.0 Å². The highest BCUT2D eigenvalue weighted by Gasteiger charge is 2.07. The first kappa shape index (κ1) is 9.69. The van der Waals surface area contributed by atoms with E-state index in [-0.39, 0.29) is 0 Å². The first-order chi connectivity index (χ1) is 6.24. The zero-order valence-corrected chi connectivity index (χ0v) is 11.1. The molecule has 1 heterocycles. The summed E-state index contributed by atoms with van der Waals surface area (Å²) in [6.07, 6.45) is 0. The molecular weight excluding hydrogens is 312 g/mol. The van der Waals surface area contributed by atoms with Gasteiger partial charge >= 0.3 is 0 Å². The van der Waals surface area contributed by atoms with Crippen LogP contribution in [0.5, 0.6) is 0 Å². The van der Waals surface area contributed by atoms with Crippen LogP contribution in [-0.2, 0) is 5.33 Å². The first-order valence-electron chi connectivity index (χ1n) is 3.95. The molecule has 2 rings (SSSR count). The monoisotopic (exact) mass is 318 g/mol. The highest BCUT2D eigenvalue weighted by atomic mass is 79.9. The Bertz CT molecular complexity index is 445. The lowest BCUT2D eigenvalue weighted by atomic mass is 10.1. The van der Waals surface area contributed by atoms with Gasteiger partial charge in [0.2, 0.25) is 0 Å². The van der Waals surface area contributed by atoms with Crippen LogP contribution >= 0.6 is 43.2 Å². The summed E-state index contributed by atoms with van der Waals surface area (Å²) in [5, 5.41) is 4.55. The summed E-state index contributed by atoms with van der Waals surface area (Å²) in [7, 11) is 0. The van der Waals surface area contributed by atoms with E-state index in [1.807, 2.05) is 0 Å². The third-order valence-corrected chi connectivity index (χ3v) is 4.69. The molecule has 0 aliphatic carbocycles. The van der Waals surface area contributed by atoms with Gasteiger partial charge in [0.1, 0.15) is 0 Å². The van der Waals surface area contributed by atoms with E-state index in [1.54, 1.807) is 11.3 Å². The fraction of sp³-hybridized carbons (Fsp3) is 0.200. The molecule has 0 aliphatic rings. The SMILES string of the molecule is Cc1ccc(Br)c2scc(CBr)c12. The number of halogens is 2. The van der Waals surface area contributed by atoms with Crippen LogP contribution in [0.1, 0.15) is 11.1 Å².